The van der Waals surface area contributed by atoms with Crippen LogP contribution in [0.15, 0.2) is 76.5 Å². The Morgan fingerprint density at radius 2 is 1.87 bits per heavy atom. The predicted octanol–water partition coefficient (Wildman–Crippen LogP) is 4.93. The quantitative estimate of drug-likeness (QED) is 0.431. The van der Waals surface area contributed by atoms with Gasteiger partial charge in [0.15, 0.2) is 11.0 Å². The molecule has 7 heteroatoms. The number of benzene rings is 2. The Bertz CT molecular complexity index is 1130. The van der Waals surface area contributed by atoms with Gasteiger partial charge in [-0.2, -0.15) is 0 Å². The summed E-state index contributed by atoms with van der Waals surface area (Å²) in [4.78, 5) is 12.4. The molecule has 2 aromatic carbocycles. The third-order valence-corrected chi connectivity index (χ3v) is 5.52. The Balaban J connectivity index is 1.53. The van der Waals surface area contributed by atoms with Crippen molar-refractivity contribution in [2.45, 2.75) is 25.5 Å². The van der Waals surface area contributed by atoms with Crippen molar-refractivity contribution in [2.24, 2.45) is 0 Å². The second-order valence-corrected chi connectivity index (χ2v) is 7.99. The molecule has 0 fully saturated rings. The van der Waals surface area contributed by atoms with Gasteiger partial charge in [-0.1, -0.05) is 53.2 Å². The zero-order chi connectivity index (χ0) is 20.9. The first-order valence-electron chi connectivity index (χ1n) is 9.60. The molecule has 0 aliphatic heterocycles. The van der Waals surface area contributed by atoms with Crippen LogP contribution in [-0.2, 0) is 11.3 Å². The van der Waals surface area contributed by atoms with Crippen molar-refractivity contribution in [3.63, 3.8) is 0 Å². The zero-order valence-corrected chi connectivity index (χ0v) is 17.6. The van der Waals surface area contributed by atoms with Crippen LogP contribution in [-0.4, -0.2) is 26.4 Å². The lowest BCUT2D eigenvalue weighted by Gasteiger charge is -2.10. The molecule has 152 valence electrons. The molecule has 0 unspecified atom stereocenters. The van der Waals surface area contributed by atoms with E-state index >= 15 is 0 Å². The molecule has 0 atom stereocenters. The van der Waals surface area contributed by atoms with Gasteiger partial charge in [0.1, 0.15) is 5.76 Å². The Morgan fingerprint density at radius 3 is 2.60 bits per heavy atom. The van der Waals surface area contributed by atoms with Crippen molar-refractivity contribution in [1.82, 2.24) is 14.8 Å². The number of aromatic nitrogens is 3. The van der Waals surface area contributed by atoms with Crippen molar-refractivity contribution in [3.8, 4) is 11.4 Å². The van der Waals surface area contributed by atoms with Gasteiger partial charge in [-0.15, -0.1) is 10.2 Å². The molecule has 4 aromatic rings. The van der Waals surface area contributed by atoms with Gasteiger partial charge < -0.3 is 9.73 Å². The van der Waals surface area contributed by atoms with Crippen LogP contribution in [0.1, 0.15) is 16.9 Å². The molecule has 0 bridgehead atoms. The summed E-state index contributed by atoms with van der Waals surface area (Å²) in [7, 11) is 0. The molecule has 0 spiro atoms. The highest BCUT2D eigenvalue weighted by molar-refractivity contribution is 7.99. The smallest absolute Gasteiger partial charge is 0.234 e. The highest BCUT2D eigenvalue weighted by atomic mass is 32.2. The molecule has 0 aliphatic rings. The van der Waals surface area contributed by atoms with E-state index in [1.54, 1.807) is 6.26 Å². The molecule has 0 radical (unpaired) electrons. The Hall–Kier alpha value is -3.32. The number of carbonyl (C=O) groups is 1. The number of hydrogen-bond donors (Lipinski definition) is 1. The summed E-state index contributed by atoms with van der Waals surface area (Å²) in [6.45, 7) is 4.55. The van der Waals surface area contributed by atoms with E-state index in [2.05, 4.69) is 21.6 Å². The minimum Gasteiger partial charge on any atom is -0.467 e. The van der Waals surface area contributed by atoms with Crippen LogP contribution in [0.2, 0.25) is 0 Å². The van der Waals surface area contributed by atoms with Crippen molar-refractivity contribution < 1.29 is 9.21 Å². The number of thioether (sulfide) groups is 1. The van der Waals surface area contributed by atoms with E-state index in [4.69, 9.17) is 4.42 Å². The fourth-order valence-corrected chi connectivity index (χ4v) is 3.80. The van der Waals surface area contributed by atoms with Gasteiger partial charge in [-0.3, -0.25) is 9.36 Å². The monoisotopic (exact) mass is 418 g/mol. The number of rotatable bonds is 7. The lowest BCUT2D eigenvalue weighted by atomic mass is 10.1. The third-order valence-electron chi connectivity index (χ3n) is 4.55. The van der Waals surface area contributed by atoms with Crippen LogP contribution in [0.3, 0.4) is 0 Å². The summed E-state index contributed by atoms with van der Waals surface area (Å²) in [6.07, 6.45) is 1.65. The maximum Gasteiger partial charge on any atom is 0.234 e. The Kier molecular flexibility index (Phi) is 5.99. The van der Waals surface area contributed by atoms with Crippen molar-refractivity contribution in [3.05, 3.63) is 83.8 Å². The fraction of sp³-hybridized carbons (Fsp3) is 0.174. The molecule has 4 rings (SSSR count). The van der Waals surface area contributed by atoms with E-state index in [1.165, 1.54) is 11.8 Å². The topological polar surface area (TPSA) is 73.0 Å². The molecular formula is C23H22N4O2S. The second kappa shape index (κ2) is 9.00. The lowest BCUT2D eigenvalue weighted by molar-refractivity contribution is -0.113. The number of furan rings is 1. The molecule has 6 nitrogen and oxygen atoms in total. The third kappa shape index (κ3) is 4.80. The van der Waals surface area contributed by atoms with Gasteiger partial charge in [0.2, 0.25) is 5.91 Å². The van der Waals surface area contributed by atoms with Crippen LogP contribution < -0.4 is 5.32 Å². The summed E-state index contributed by atoms with van der Waals surface area (Å²) >= 11 is 1.35. The maximum atomic E-state index is 12.4. The highest BCUT2D eigenvalue weighted by Crippen LogP contribution is 2.26. The van der Waals surface area contributed by atoms with Gasteiger partial charge in [0.05, 0.1) is 18.6 Å². The largest absolute Gasteiger partial charge is 0.467 e. The lowest BCUT2D eigenvalue weighted by Crippen LogP contribution is -2.14. The van der Waals surface area contributed by atoms with E-state index in [0.29, 0.717) is 11.7 Å². The van der Waals surface area contributed by atoms with Crippen molar-refractivity contribution >= 4 is 23.4 Å². The molecule has 0 saturated carbocycles. The zero-order valence-electron chi connectivity index (χ0n) is 16.8. The van der Waals surface area contributed by atoms with Gasteiger partial charge in [0, 0.05) is 11.3 Å². The first kappa shape index (κ1) is 20.0. The highest BCUT2D eigenvalue weighted by Gasteiger charge is 2.17. The summed E-state index contributed by atoms with van der Waals surface area (Å²) in [5, 5.41) is 12.3. The maximum absolute atomic E-state index is 12.4. The first-order valence-corrected chi connectivity index (χ1v) is 10.6. The number of aryl methyl sites for hydroxylation is 2. The SMILES string of the molecule is Cc1ccc(NC(=O)CSc2nnc(-c3cccc(C)c3)n2Cc2ccco2)cc1. The molecule has 30 heavy (non-hydrogen) atoms. The molecule has 1 amide bonds. The van der Waals surface area contributed by atoms with Gasteiger partial charge in [-0.05, 0) is 44.2 Å². The number of hydrogen-bond acceptors (Lipinski definition) is 5. The van der Waals surface area contributed by atoms with Crippen LogP contribution >= 0.6 is 11.8 Å². The van der Waals surface area contributed by atoms with Crippen molar-refractivity contribution in [1.29, 1.82) is 0 Å². The van der Waals surface area contributed by atoms with Gasteiger partial charge >= 0.3 is 0 Å². The van der Waals surface area contributed by atoms with E-state index in [-0.39, 0.29) is 11.7 Å². The predicted molar refractivity (Wildman–Crippen MR) is 119 cm³/mol. The molecule has 1 N–H and O–H groups in total. The van der Waals surface area contributed by atoms with Crippen molar-refractivity contribution in [2.75, 3.05) is 11.1 Å². The molecule has 2 aromatic heterocycles. The van der Waals surface area contributed by atoms with E-state index < -0.39 is 0 Å². The minimum atomic E-state index is -0.0893. The van der Waals surface area contributed by atoms with Crippen LogP contribution in [0.5, 0.6) is 0 Å². The number of nitrogens with one attached hydrogen (secondary N) is 1. The standard InChI is InChI=1S/C23H22N4O2S/c1-16-8-10-19(11-9-16)24-21(28)15-30-23-26-25-22(18-6-3-5-17(2)13-18)27(23)14-20-7-4-12-29-20/h3-13H,14-15H2,1-2H3,(H,24,28). The first-order chi connectivity index (χ1) is 14.6. The molecule has 0 saturated heterocycles. The molecular weight excluding hydrogens is 396 g/mol. The molecule has 2 heterocycles. The molecule has 0 aliphatic carbocycles. The van der Waals surface area contributed by atoms with Crippen LogP contribution in [0.4, 0.5) is 5.69 Å². The second-order valence-electron chi connectivity index (χ2n) is 7.04. The number of amides is 1. The fourth-order valence-electron chi connectivity index (χ4n) is 3.06. The summed E-state index contributed by atoms with van der Waals surface area (Å²) < 4.78 is 7.51. The average molecular weight is 419 g/mol. The number of carbonyl (C=O) groups excluding carboxylic acids is 1. The van der Waals surface area contributed by atoms with Crippen LogP contribution in [0.25, 0.3) is 11.4 Å². The summed E-state index contributed by atoms with van der Waals surface area (Å²) in [5.74, 6) is 1.69. The van der Waals surface area contributed by atoms with E-state index in [9.17, 15) is 4.79 Å². The normalized spacial score (nSPS) is 10.9. The average Bonchev–Trinajstić information content (AvgIpc) is 3.39. The van der Waals surface area contributed by atoms with E-state index in [0.717, 1.165) is 34.0 Å². The Morgan fingerprint density at radius 1 is 1.03 bits per heavy atom. The number of nitrogens with zero attached hydrogens (tertiary/aromatic N) is 3. The van der Waals surface area contributed by atoms with E-state index in [1.807, 2.05) is 73.0 Å². The Labute approximate surface area is 179 Å². The van der Waals surface area contributed by atoms with Gasteiger partial charge in [-0.25, -0.2) is 0 Å². The van der Waals surface area contributed by atoms with Gasteiger partial charge in [0.25, 0.3) is 0 Å². The number of anilines is 1. The summed E-state index contributed by atoms with van der Waals surface area (Å²) in [6, 6.07) is 19.6. The van der Waals surface area contributed by atoms with Crippen LogP contribution in [0, 0.1) is 13.8 Å². The summed E-state index contributed by atoms with van der Waals surface area (Å²) in [5.41, 5.74) is 4.05. The minimum absolute atomic E-state index is 0.0893.